The van der Waals surface area contributed by atoms with Crippen LogP contribution in [0.1, 0.15) is 33.1 Å². The minimum Gasteiger partial charge on any atom is -0.317 e. The molecule has 0 saturated carbocycles. The average molecular weight is 172 g/mol. The summed E-state index contributed by atoms with van der Waals surface area (Å²) in [5.41, 5.74) is 0. The number of nitrogens with one attached hydrogen (secondary N) is 1. The van der Waals surface area contributed by atoms with Crippen molar-refractivity contribution in [2.45, 2.75) is 33.1 Å². The molecule has 0 fully saturated rings. The van der Waals surface area contributed by atoms with Crippen molar-refractivity contribution < 1.29 is 0 Å². The van der Waals surface area contributed by atoms with Gasteiger partial charge in [0.25, 0.3) is 0 Å². The summed E-state index contributed by atoms with van der Waals surface area (Å²) in [4.78, 5) is 2.41. The van der Waals surface area contributed by atoms with Gasteiger partial charge in [0.05, 0.1) is 0 Å². The van der Waals surface area contributed by atoms with Gasteiger partial charge in [-0.05, 0) is 52.5 Å². The minimum absolute atomic E-state index is 1.10. The van der Waals surface area contributed by atoms with Crippen LogP contribution in [0.3, 0.4) is 0 Å². The zero-order chi connectivity index (χ0) is 9.23. The molecule has 0 unspecified atom stereocenters. The highest BCUT2D eigenvalue weighted by molar-refractivity contribution is 4.52. The van der Waals surface area contributed by atoms with Crippen LogP contribution >= 0.6 is 0 Å². The molecule has 1 N–H and O–H groups in total. The molecule has 0 aromatic carbocycles. The van der Waals surface area contributed by atoms with Crippen molar-refractivity contribution in [3.63, 3.8) is 0 Å². The van der Waals surface area contributed by atoms with Crippen LogP contribution in [0.4, 0.5) is 0 Å². The summed E-state index contributed by atoms with van der Waals surface area (Å²) in [6, 6.07) is 0. The van der Waals surface area contributed by atoms with Crippen LogP contribution in [0.2, 0.25) is 0 Å². The Hall–Kier alpha value is -0.0800. The van der Waals surface area contributed by atoms with Gasteiger partial charge in [0.1, 0.15) is 0 Å². The lowest BCUT2D eigenvalue weighted by Crippen LogP contribution is -2.22. The van der Waals surface area contributed by atoms with Crippen LogP contribution < -0.4 is 5.32 Å². The molecule has 0 aromatic heterocycles. The summed E-state index contributed by atoms with van der Waals surface area (Å²) in [5, 5.41) is 3.34. The molecule has 2 nitrogen and oxygen atoms in total. The first-order chi connectivity index (χ1) is 5.81. The molecule has 0 rings (SSSR count). The highest BCUT2D eigenvalue weighted by Crippen LogP contribution is 1.92. The molecular weight excluding hydrogens is 148 g/mol. The lowest BCUT2D eigenvalue weighted by molar-refractivity contribution is 0.326. The lowest BCUT2D eigenvalue weighted by Gasteiger charge is -2.14. The number of unbranched alkanes of at least 4 members (excludes halogenated alkanes) is 1. The molecule has 0 heterocycles. The molecule has 0 aliphatic carbocycles. The van der Waals surface area contributed by atoms with Gasteiger partial charge in [-0.15, -0.1) is 0 Å². The number of nitrogens with zero attached hydrogens (tertiary/aromatic N) is 1. The van der Waals surface area contributed by atoms with Gasteiger partial charge in [0.15, 0.2) is 0 Å². The van der Waals surface area contributed by atoms with E-state index in [0.717, 1.165) is 6.54 Å². The van der Waals surface area contributed by atoms with Crippen LogP contribution in [0.15, 0.2) is 0 Å². The van der Waals surface area contributed by atoms with E-state index in [2.05, 4.69) is 31.1 Å². The van der Waals surface area contributed by atoms with Gasteiger partial charge < -0.3 is 10.2 Å². The van der Waals surface area contributed by atoms with Gasteiger partial charge in [-0.25, -0.2) is 0 Å². The molecule has 0 aliphatic heterocycles. The molecule has 0 bridgehead atoms. The molecule has 0 spiro atoms. The third-order valence-corrected chi connectivity index (χ3v) is 2.00. The predicted molar refractivity (Wildman–Crippen MR) is 55.6 cm³/mol. The summed E-state index contributed by atoms with van der Waals surface area (Å²) in [7, 11) is 2.21. The first-order valence-corrected chi connectivity index (χ1v) is 5.20. The lowest BCUT2D eigenvalue weighted by atomic mass is 10.3. The Bertz CT molecular complexity index is 83.9. The van der Waals surface area contributed by atoms with Crippen LogP contribution in [-0.4, -0.2) is 38.1 Å². The van der Waals surface area contributed by atoms with Crippen molar-refractivity contribution in [1.82, 2.24) is 10.2 Å². The summed E-state index contributed by atoms with van der Waals surface area (Å²) < 4.78 is 0. The van der Waals surface area contributed by atoms with E-state index in [1.165, 1.54) is 38.9 Å². The van der Waals surface area contributed by atoms with Gasteiger partial charge in [-0.2, -0.15) is 0 Å². The maximum absolute atomic E-state index is 3.34. The quantitative estimate of drug-likeness (QED) is 0.561. The molecule has 74 valence electrons. The zero-order valence-electron chi connectivity index (χ0n) is 8.90. The Morgan fingerprint density at radius 3 is 2.42 bits per heavy atom. The maximum Gasteiger partial charge on any atom is -0.00213 e. The van der Waals surface area contributed by atoms with Gasteiger partial charge in [-0.1, -0.05) is 13.8 Å². The van der Waals surface area contributed by atoms with Gasteiger partial charge >= 0.3 is 0 Å². The Kier molecular flexibility index (Phi) is 8.95. The Balaban J connectivity index is 2.97. The van der Waals surface area contributed by atoms with E-state index in [0.29, 0.717) is 0 Å². The van der Waals surface area contributed by atoms with Crippen LogP contribution in [0, 0.1) is 0 Å². The van der Waals surface area contributed by atoms with Gasteiger partial charge in [0.2, 0.25) is 0 Å². The average Bonchev–Trinajstić information content (AvgIpc) is 2.05. The standard InChI is InChI=1S/C10H24N2/c1-4-9-12(3)10-7-6-8-11-5-2/h11H,4-10H2,1-3H3. The van der Waals surface area contributed by atoms with Crippen molar-refractivity contribution in [2.24, 2.45) is 0 Å². The highest BCUT2D eigenvalue weighted by atomic mass is 15.1. The molecule has 0 atom stereocenters. The predicted octanol–water partition coefficient (Wildman–Crippen LogP) is 1.72. The largest absolute Gasteiger partial charge is 0.317 e. The second-order valence-corrected chi connectivity index (χ2v) is 3.36. The molecule has 0 aromatic rings. The van der Waals surface area contributed by atoms with E-state index in [4.69, 9.17) is 0 Å². The fourth-order valence-electron chi connectivity index (χ4n) is 1.30. The Labute approximate surface area is 77.3 Å². The Morgan fingerprint density at radius 2 is 1.83 bits per heavy atom. The third-order valence-electron chi connectivity index (χ3n) is 2.00. The van der Waals surface area contributed by atoms with E-state index in [9.17, 15) is 0 Å². The number of rotatable bonds is 8. The van der Waals surface area contributed by atoms with Crippen molar-refractivity contribution >= 4 is 0 Å². The summed E-state index contributed by atoms with van der Waals surface area (Å²) in [5.74, 6) is 0. The molecule has 2 heteroatoms. The van der Waals surface area contributed by atoms with Gasteiger partial charge in [0, 0.05) is 0 Å². The summed E-state index contributed by atoms with van der Waals surface area (Å²) in [6.45, 7) is 9.15. The van der Waals surface area contributed by atoms with Crippen molar-refractivity contribution in [3.05, 3.63) is 0 Å². The van der Waals surface area contributed by atoms with Crippen molar-refractivity contribution in [2.75, 3.05) is 33.2 Å². The van der Waals surface area contributed by atoms with Crippen molar-refractivity contribution in [3.8, 4) is 0 Å². The zero-order valence-corrected chi connectivity index (χ0v) is 8.90. The highest BCUT2D eigenvalue weighted by Gasteiger charge is 1.94. The topological polar surface area (TPSA) is 15.3 Å². The molecule has 0 aliphatic rings. The minimum atomic E-state index is 1.10. The monoisotopic (exact) mass is 172 g/mol. The molecule has 0 amide bonds. The van der Waals surface area contributed by atoms with Crippen molar-refractivity contribution in [1.29, 1.82) is 0 Å². The summed E-state index contributed by atoms with van der Waals surface area (Å²) >= 11 is 0. The summed E-state index contributed by atoms with van der Waals surface area (Å²) in [6.07, 6.45) is 3.90. The molecule has 0 radical (unpaired) electrons. The van der Waals surface area contributed by atoms with E-state index in [-0.39, 0.29) is 0 Å². The SMILES string of the molecule is CCCN(C)CCCCNCC. The van der Waals surface area contributed by atoms with E-state index < -0.39 is 0 Å². The van der Waals surface area contributed by atoms with Gasteiger partial charge in [-0.3, -0.25) is 0 Å². The van der Waals surface area contributed by atoms with Crippen LogP contribution in [-0.2, 0) is 0 Å². The first-order valence-electron chi connectivity index (χ1n) is 5.20. The second kappa shape index (κ2) is 9.01. The Morgan fingerprint density at radius 1 is 1.08 bits per heavy atom. The molecule has 0 saturated heterocycles. The van der Waals surface area contributed by atoms with E-state index in [1.807, 2.05) is 0 Å². The van der Waals surface area contributed by atoms with E-state index in [1.54, 1.807) is 0 Å². The third kappa shape index (κ3) is 8.02. The second-order valence-electron chi connectivity index (χ2n) is 3.36. The number of hydrogen-bond acceptors (Lipinski definition) is 2. The maximum atomic E-state index is 3.34. The fourth-order valence-corrected chi connectivity index (χ4v) is 1.30. The normalized spacial score (nSPS) is 11.0. The fraction of sp³-hybridized carbons (Fsp3) is 1.00. The van der Waals surface area contributed by atoms with Crippen LogP contribution in [0.5, 0.6) is 0 Å². The van der Waals surface area contributed by atoms with Crippen LogP contribution in [0.25, 0.3) is 0 Å². The smallest absolute Gasteiger partial charge is 0.00213 e. The first kappa shape index (κ1) is 11.9. The van der Waals surface area contributed by atoms with E-state index >= 15 is 0 Å². The molecular formula is C10H24N2. The molecule has 12 heavy (non-hydrogen) atoms. The number of hydrogen-bond donors (Lipinski definition) is 1.